The summed E-state index contributed by atoms with van der Waals surface area (Å²) >= 11 is 0. The summed E-state index contributed by atoms with van der Waals surface area (Å²) in [5.41, 5.74) is 0.982. The Hall–Kier alpha value is -2.23. The fourth-order valence-electron chi connectivity index (χ4n) is 3.12. The zero-order valence-electron chi connectivity index (χ0n) is 16.6. The molecule has 0 unspecified atom stereocenters. The number of aromatic nitrogens is 1. The zero-order valence-corrected chi connectivity index (χ0v) is 17.4. The summed E-state index contributed by atoms with van der Waals surface area (Å²) in [5.74, 6) is -0.776. The molecule has 1 fully saturated rings. The lowest BCUT2D eigenvalue weighted by Gasteiger charge is -2.27. The van der Waals surface area contributed by atoms with Gasteiger partial charge in [0, 0.05) is 38.6 Å². The zero-order chi connectivity index (χ0) is 21.0. The van der Waals surface area contributed by atoms with Crippen LogP contribution in [-0.4, -0.2) is 60.9 Å². The highest BCUT2D eigenvalue weighted by molar-refractivity contribution is 7.89. The molecular weight excluding hydrogens is 397 g/mol. The summed E-state index contributed by atoms with van der Waals surface area (Å²) in [4.78, 5) is 14.8. The molecule has 1 aromatic heterocycles. The Labute approximate surface area is 170 Å². The van der Waals surface area contributed by atoms with E-state index >= 15 is 0 Å². The molecule has 3 rings (SSSR count). The molecule has 9 heteroatoms. The molecule has 0 bridgehead atoms. The lowest BCUT2D eigenvalue weighted by atomic mass is 10.3. The van der Waals surface area contributed by atoms with Crippen LogP contribution in [0.2, 0.25) is 0 Å². The van der Waals surface area contributed by atoms with Gasteiger partial charge in [-0.05, 0) is 49.2 Å². The number of nitrogens with zero attached hydrogens (tertiary/aromatic N) is 3. The number of sulfonamides is 1. The standard InChI is InChI=1S/C20H26FN3O4S/c1-22-11-3-4-18(22)14-24(17-7-8-17)20(25)15-23(12-13-28-2)29(26,27)19-9-5-16(21)6-10-19/h3-6,9-11,17H,7-8,12-15H2,1-2H3. The van der Waals surface area contributed by atoms with Crippen molar-refractivity contribution in [2.75, 3.05) is 26.8 Å². The fraction of sp³-hybridized carbons (Fsp3) is 0.450. The summed E-state index contributed by atoms with van der Waals surface area (Å²) in [5, 5.41) is 0. The molecule has 7 nitrogen and oxygen atoms in total. The lowest BCUT2D eigenvalue weighted by Crippen LogP contribution is -2.44. The van der Waals surface area contributed by atoms with Gasteiger partial charge in [0.05, 0.1) is 24.6 Å². The Bertz CT molecular complexity index is 939. The molecular formula is C20H26FN3O4S. The van der Waals surface area contributed by atoms with Crippen LogP contribution >= 0.6 is 0 Å². The van der Waals surface area contributed by atoms with Crippen molar-refractivity contribution >= 4 is 15.9 Å². The number of hydrogen-bond acceptors (Lipinski definition) is 4. The van der Waals surface area contributed by atoms with Gasteiger partial charge in [0.1, 0.15) is 5.82 Å². The van der Waals surface area contributed by atoms with Crippen LogP contribution in [-0.2, 0) is 33.1 Å². The van der Waals surface area contributed by atoms with Crippen LogP contribution in [0.5, 0.6) is 0 Å². The van der Waals surface area contributed by atoms with Crippen molar-refractivity contribution in [1.82, 2.24) is 13.8 Å². The number of carbonyl (C=O) groups is 1. The average molecular weight is 424 g/mol. The first-order valence-electron chi connectivity index (χ1n) is 9.47. The number of benzene rings is 1. The molecule has 1 heterocycles. The van der Waals surface area contributed by atoms with Crippen molar-refractivity contribution in [2.45, 2.75) is 30.3 Å². The van der Waals surface area contributed by atoms with E-state index in [4.69, 9.17) is 4.74 Å². The third-order valence-corrected chi connectivity index (χ3v) is 6.86. The Morgan fingerprint density at radius 2 is 1.93 bits per heavy atom. The SMILES string of the molecule is COCCN(CC(=O)N(Cc1cccn1C)C1CC1)S(=O)(=O)c1ccc(F)cc1. The minimum Gasteiger partial charge on any atom is -0.383 e. The van der Waals surface area contributed by atoms with Crippen molar-refractivity contribution in [3.05, 3.63) is 54.1 Å². The third kappa shape index (κ3) is 5.23. The Kier molecular flexibility index (Phi) is 6.71. The van der Waals surface area contributed by atoms with Gasteiger partial charge >= 0.3 is 0 Å². The quantitative estimate of drug-likeness (QED) is 0.586. The highest BCUT2D eigenvalue weighted by atomic mass is 32.2. The predicted octanol–water partition coefficient (Wildman–Crippen LogP) is 1.99. The Morgan fingerprint density at radius 3 is 2.48 bits per heavy atom. The van der Waals surface area contributed by atoms with Gasteiger partial charge < -0.3 is 14.2 Å². The molecule has 1 aromatic carbocycles. The Balaban J connectivity index is 1.80. The molecule has 158 valence electrons. The van der Waals surface area contributed by atoms with Crippen LogP contribution in [0.15, 0.2) is 47.5 Å². The van der Waals surface area contributed by atoms with E-state index in [1.807, 2.05) is 29.9 Å². The second-order valence-corrected chi connectivity index (χ2v) is 9.09. The molecule has 1 amide bonds. The van der Waals surface area contributed by atoms with E-state index in [-0.39, 0.29) is 36.5 Å². The van der Waals surface area contributed by atoms with Crippen molar-refractivity contribution in [2.24, 2.45) is 7.05 Å². The molecule has 1 aliphatic carbocycles. The lowest BCUT2D eigenvalue weighted by molar-refractivity contribution is -0.132. The van der Waals surface area contributed by atoms with Crippen molar-refractivity contribution < 1.29 is 22.3 Å². The number of carbonyl (C=O) groups excluding carboxylic acids is 1. The van der Waals surface area contributed by atoms with E-state index in [1.54, 1.807) is 4.90 Å². The van der Waals surface area contributed by atoms with Crippen LogP contribution in [0.4, 0.5) is 4.39 Å². The van der Waals surface area contributed by atoms with Crippen LogP contribution < -0.4 is 0 Å². The highest BCUT2D eigenvalue weighted by Crippen LogP contribution is 2.29. The van der Waals surface area contributed by atoms with E-state index in [1.165, 1.54) is 19.2 Å². The largest absolute Gasteiger partial charge is 0.383 e. The normalized spacial score (nSPS) is 14.3. The van der Waals surface area contributed by atoms with Crippen LogP contribution in [0.1, 0.15) is 18.5 Å². The molecule has 0 atom stereocenters. The summed E-state index contributed by atoms with van der Waals surface area (Å²) in [6.45, 7) is 0.325. The smallest absolute Gasteiger partial charge is 0.243 e. The molecule has 0 N–H and O–H groups in total. The van der Waals surface area contributed by atoms with E-state index in [0.717, 1.165) is 35.0 Å². The van der Waals surface area contributed by atoms with Gasteiger partial charge in [-0.1, -0.05) is 0 Å². The van der Waals surface area contributed by atoms with Crippen molar-refractivity contribution in [1.29, 1.82) is 0 Å². The van der Waals surface area contributed by atoms with E-state index in [0.29, 0.717) is 6.54 Å². The molecule has 0 aliphatic heterocycles. The maximum Gasteiger partial charge on any atom is 0.243 e. The first kappa shape index (κ1) is 21.5. The number of methoxy groups -OCH3 is 1. The second kappa shape index (κ2) is 9.06. The second-order valence-electron chi connectivity index (χ2n) is 7.15. The van der Waals surface area contributed by atoms with Gasteiger partial charge in [-0.15, -0.1) is 0 Å². The van der Waals surface area contributed by atoms with Gasteiger partial charge in [0.25, 0.3) is 0 Å². The summed E-state index contributed by atoms with van der Waals surface area (Å²) in [6.07, 6.45) is 3.74. The maximum atomic E-state index is 13.2. The number of rotatable bonds is 10. The molecule has 0 saturated heterocycles. The average Bonchev–Trinajstić information content (AvgIpc) is 3.45. The molecule has 1 aliphatic rings. The number of ether oxygens (including phenoxy) is 1. The maximum absolute atomic E-state index is 13.2. The van der Waals surface area contributed by atoms with Crippen molar-refractivity contribution in [3.8, 4) is 0 Å². The summed E-state index contributed by atoms with van der Waals surface area (Å²) in [6, 6.07) is 8.59. The first-order valence-corrected chi connectivity index (χ1v) is 10.9. The minimum absolute atomic E-state index is 0.0324. The molecule has 29 heavy (non-hydrogen) atoms. The van der Waals surface area contributed by atoms with Crippen molar-refractivity contribution in [3.63, 3.8) is 0 Å². The number of hydrogen-bond donors (Lipinski definition) is 0. The van der Waals surface area contributed by atoms with Crippen LogP contribution in [0, 0.1) is 5.82 Å². The minimum atomic E-state index is -3.96. The fourth-order valence-corrected chi connectivity index (χ4v) is 4.49. The number of halogens is 1. The summed E-state index contributed by atoms with van der Waals surface area (Å²) < 4.78 is 47.4. The van der Waals surface area contributed by atoms with E-state index in [9.17, 15) is 17.6 Å². The highest BCUT2D eigenvalue weighted by Gasteiger charge is 2.35. The van der Waals surface area contributed by atoms with E-state index in [2.05, 4.69) is 0 Å². The predicted molar refractivity (Wildman–Crippen MR) is 106 cm³/mol. The molecule has 0 spiro atoms. The van der Waals surface area contributed by atoms with Gasteiger partial charge in [0.15, 0.2) is 0 Å². The van der Waals surface area contributed by atoms with Crippen LogP contribution in [0.25, 0.3) is 0 Å². The van der Waals surface area contributed by atoms with Gasteiger partial charge in [0.2, 0.25) is 15.9 Å². The van der Waals surface area contributed by atoms with Gasteiger partial charge in [-0.25, -0.2) is 12.8 Å². The number of amides is 1. The monoisotopic (exact) mass is 423 g/mol. The summed E-state index contributed by atoms with van der Waals surface area (Å²) in [7, 11) is -0.580. The first-order chi connectivity index (χ1) is 13.8. The molecule has 2 aromatic rings. The van der Waals surface area contributed by atoms with Gasteiger partial charge in [-0.2, -0.15) is 4.31 Å². The molecule has 1 saturated carbocycles. The Morgan fingerprint density at radius 1 is 1.24 bits per heavy atom. The van der Waals surface area contributed by atoms with Gasteiger partial charge in [-0.3, -0.25) is 4.79 Å². The molecule has 0 radical (unpaired) electrons. The topological polar surface area (TPSA) is 71.8 Å². The third-order valence-electron chi connectivity index (χ3n) is 5.00. The van der Waals surface area contributed by atoms with E-state index < -0.39 is 15.8 Å². The van der Waals surface area contributed by atoms with Crippen LogP contribution in [0.3, 0.4) is 0 Å². The number of aryl methyl sites for hydroxylation is 1.